The Morgan fingerprint density at radius 1 is 1.80 bits per heavy atom. The van der Waals surface area contributed by atoms with E-state index in [1.54, 1.807) is 0 Å². The van der Waals surface area contributed by atoms with Crippen molar-refractivity contribution in [3.05, 3.63) is 0 Å². The number of carboxylic acids is 1. The zero-order chi connectivity index (χ0) is 7.56. The topological polar surface area (TPSA) is 52.6 Å². The lowest BCUT2D eigenvalue weighted by atomic mass is 10.2. The van der Waals surface area contributed by atoms with Gasteiger partial charge in [0.25, 0.3) is 0 Å². The minimum atomic E-state index is -0.741. The van der Waals surface area contributed by atoms with Gasteiger partial charge in [0.1, 0.15) is 6.04 Å². The van der Waals surface area contributed by atoms with Crippen molar-refractivity contribution in [3.8, 4) is 0 Å². The maximum atomic E-state index is 10.5. The molecule has 1 saturated heterocycles. The summed E-state index contributed by atoms with van der Waals surface area (Å²) in [6.45, 7) is 2.27. The number of nitrogens with one attached hydrogen (secondary N) is 1. The van der Waals surface area contributed by atoms with E-state index >= 15 is 0 Å². The van der Waals surface area contributed by atoms with Crippen LogP contribution in [0.25, 0.3) is 0 Å². The van der Waals surface area contributed by atoms with E-state index in [9.17, 15) is 4.79 Å². The van der Waals surface area contributed by atoms with E-state index in [1.165, 1.54) is 0 Å². The predicted octanol–water partition coefficient (Wildman–Crippen LogP) is -1.03. The van der Waals surface area contributed by atoms with E-state index < -0.39 is 5.97 Å². The first-order valence-corrected chi connectivity index (χ1v) is 3.35. The molecular weight excluding hydrogens is 132 g/mol. The van der Waals surface area contributed by atoms with E-state index in [0.717, 1.165) is 13.1 Å². The molecule has 0 unspecified atom stereocenters. The van der Waals surface area contributed by atoms with Gasteiger partial charge in [-0.25, -0.2) is 0 Å². The standard InChI is InChI=1S/C6H12N2O2/c1-8-3-2-7-4-5(8)6(9)10/h5,7H,2-4H2,1H3,(H,9,10)/t5-/m0/s1. The first kappa shape index (κ1) is 7.50. The van der Waals surface area contributed by atoms with Crippen molar-refractivity contribution in [1.29, 1.82) is 0 Å². The molecule has 4 heteroatoms. The molecule has 4 nitrogen and oxygen atoms in total. The maximum Gasteiger partial charge on any atom is 0.322 e. The zero-order valence-corrected chi connectivity index (χ0v) is 6.00. The highest BCUT2D eigenvalue weighted by Gasteiger charge is 2.24. The van der Waals surface area contributed by atoms with Crippen LogP contribution in [-0.2, 0) is 4.79 Å². The van der Waals surface area contributed by atoms with Gasteiger partial charge in [-0.05, 0) is 7.05 Å². The second-order valence-corrected chi connectivity index (χ2v) is 2.54. The monoisotopic (exact) mass is 144 g/mol. The van der Waals surface area contributed by atoms with Crippen molar-refractivity contribution in [2.75, 3.05) is 26.7 Å². The number of aliphatic carboxylic acids is 1. The van der Waals surface area contributed by atoms with Gasteiger partial charge in [0.15, 0.2) is 0 Å². The highest BCUT2D eigenvalue weighted by atomic mass is 16.4. The average Bonchev–Trinajstić information content (AvgIpc) is 1.88. The Balaban J connectivity index is 2.47. The van der Waals surface area contributed by atoms with Gasteiger partial charge < -0.3 is 10.4 Å². The van der Waals surface area contributed by atoms with E-state index in [4.69, 9.17) is 5.11 Å². The van der Waals surface area contributed by atoms with E-state index in [1.807, 2.05) is 11.9 Å². The summed E-state index contributed by atoms with van der Waals surface area (Å²) >= 11 is 0. The molecule has 1 fully saturated rings. The van der Waals surface area contributed by atoms with Crippen molar-refractivity contribution in [3.63, 3.8) is 0 Å². The molecule has 0 aromatic heterocycles. The van der Waals surface area contributed by atoms with Crippen LogP contribution in [0.3, 0.4) is 0 Å². The van der Waals surface area contributed by atoms with E-state index in [2.05, 4.69) is 5.32 Å². The van der Waals surface area contributed by atoms with Crippen molar-refractivity contribution in [2.24, 2.45) is 0 Å². The molecule has 0 bridgehead atoms. The third kappa shape index (κ3) is 1.46. The van der Waals surface area contributed by atoms with Gasteiger partial charge in [0, 0.05) is 19.6 Å². The summed E-state index contributed by atoms with van der Waals surface area (Å²) in [6.07, 6.45) is 0. The molecule has 1 rings (SSSR count). The number of carbonyl (C=O) groups is 1. The van der Waals surface area contributed by atoms with Gasteiger partial charge in [0.2, 0.25) is 0 Å². The summed E-state index contributed by atoms with van der Waals surface area (Å²) in [7, 11) is 1.83. The smallest absolute Gasteiger partial charge is 0.322 e. The van der Waals surface area contributed by atoms with Crippen LogP contribution < -0.4 is 5.32 Å². The summed E-state index contributed by atoms with van der Waals surface area (Å²) < 4.78 is 0. The Kier molecular flexibility index (Phi) is 2.24. The number of carboxylic acid groups (broad SMARTS) is 1. The molecule has 1 aliphatic rings. The minimum Gasteiger partial charge on any atom is -0.480 e. The van der Waals surface area contributed by atoms with E-state index in [-0.39, 0.29) is 6.04 Å². The van der Waals surface area contributed by atoms with Crippen LogP contribution in [0.1, 0.15) is 0 Å². The fraction of sp³-hybridized carbons (Fsp3) is 0.833. The van der Waals surface area contributed by atoms with Gasteiger partial charge in [-0.1, -0.05) is 0 Å². The third-order valence-electron chi connectivity index (χ3n) is 1.80. The molecule has 10 heavy (non-hydrogen) atoms. The molecule has 2 N–H and O–H groups in total. The van der Waals surface area contributed by atoms with Crippen molar-refractivity contribution in [1.82, 2.24) is 10.2 Å². The molecule has 1 atom stereocenters. The SMILES string of the molecule is CN1CCNC[C@H]1C(=O)O. The first-order chi connectivity index (χ1) is 4.72. The number of piperazine rings is 1. The van der Waals surface area contributed by atoms with Gasteiger partial charge >= 0.3 is 5.97 Å². The lowest BCUT2D eigenvalue weighted by Crippen LogP contribution is -2.52. The minimum absolute atomic E-state index is 0.339. The number of likely N-dealkylation sites (N-methyl/N-ethyl adjacent to an activating group) is 1. The van der Waals surface area contributed by atoms with Gasteiger partial charge in [-0.3, -0.25) is 9.69 Å². The molecular formula is C6H12N2O2. The Bertz CT molecular complexity index is 138. The summed E-state index contributed by atoms with van der Waals surface area (Å²) in [5, 5.41) is 11.7. The number of hydrogen-bond donors (Lipinski definition) is 2. The van der Waals surface area contributed by atoms with Crippen molar-refractivity contribution in [2.45, 2.75) is 6.04 Å². The van der Waals surface area contributed by atoms with Crippen LogP contribution in [0.5, 0.6) is 0 Å². The average molecular weight is 144 g/mol. The second-order valence-electron chi connectivity index (χ2n) is 2.54. The van der Waals surface area contributed by atoms with Crippen LogP contribution in [0.4, 0.5) is 0 Å². The number of rotatable bonds is 1. The first-order valence-electron chi connectivity index (χ1n) is 3.35. The third-order valence-corrected chi connectivity index (χ3v) is 1.80. The van der Waals surface area contributed by atoms with Crippen molar-refractivity contribution < 1.29 is 9.90 Å². The highest BCUT2D eigenvalue weighted by Crippen LogP contribution is 1.98. The van der Waals surface area contributed by atoms with Gasteiger partial charge in [-0.2, -0.15) is 0 Å². The zero-order valence-electron chi connectivity index (χ0n) is 6.00. The fourth-order valence-corrected chi connectivity index (χ4v) is 1.08. The number of hydrogen-bond acceptors (Lipinski definition) is 3. The van der Waals surface area contributed by atoms with E-state index in [0.29, 0.717) is 6.54 Å². The summed E-state index contributed by atoms with van der Waals surface area (Å²) in [6, 6.07) is -0.339. The molecule has 0 saturated carbocycles. The van der Waals surface area contributed by atoms with Crippen LogP contribution in [0.15, 0.2) is 0 Å². The largest absolute Gasteiger partial charge is 0.480 e. The quantitative estimate of drug-likeness (QED) is 0.494. The molecule has 1 aliphatic heterocycles. The lowest BCUT2D eigenvalue weighted by Gasteiger charge is -2.29. The fourth-order valence-electron chi connectivity index (χ4n) is 1.08. The molecule has 0 amide bonds. The Hall–Kier alpha value is -0.610. The van der Waals surface area contributed by atoms with Crippen LogP contribution in [0.2, 0.25) is 0 Å². The highest BCUT2D eigenvalue weighted by molar-refractivity contribution is 5.73. The summed E-state index contributed by atoms with van der Waals surface area (Å²) in [5.41, 5.74) is 0. The second kappa shape index (κ2) is 2.98. The molecule has 0 aliphatic carbocycles. The summed E-state index contributed by atoms with van der Waals surface area (Å²) in [5.74, 6) is -0.741. The van der Waals surface area contributed by atoms with Crippen molar-refractivity contribution >= 4 is 5.97 Å². The normalized spacial score (nSPS) is 28.3. The van der Waals surface area contributed by atoms with Gasteiger partial charge in [0.05, 0.1) is 0 Å². The van der Waals surface area contributed by atoms with Crippen LogP contribution in [0, 0.1) is 0 Å². The van der Waals surface area contributed by atoms with Gasteiger partial charge in [-0.15, -0.1) is 0 Å². The molecule has 0 aromatic rings. The predicted molar refractivity (Wildman–Crippen MR) is 36.9 cm³/mol. The molecule has 1 heterocycles. The maximum absolute atomic E-state index is 10.5. The number of nitrogens with zero attached hydrogens (tertiary/aromatic N) is 1. The van der Waals surface area contributed by atoms with Crippen LogP contribution in [-0.4, -0.2) is 48.7 Å². The molecule has 0 spiro atoms. The Labute approximate surface area is 59.8 Å². The van der Waals surface area contributed by atoms with Crippen LogP contribution >= 0.6 is 0 Å². The molecule has 58 valence electrons. The Morgan fingerprint density at radius 3 is 2.90 bits per heavy atom. The molecule has 0 aromatic carbocycles. The Morgan fingerprint density at radius 2 is 2.50 bits per heavy atom. The summed E-state index contributed by atoms with van der Waals surface area (Å²) in [4.78, 5) is 12.3. The lowest BCUT2D eigenvalue weighted by molar-refractivity contribution is -0.143. The molecule has 0 radical (unpaired) electrons.